The Morgan fingerprint density at radius 3 is 2.48 bits per heavy atom. The largest absolute Gasteiger partial charge is 0.486 e. The number of hydrogen-bond acceptors (Lipinski definition) is 3. The van der Waals surface area contributed by atoms with Gasteiger partial charge in [-0.2, -0.15) is 0 Å². The van der Waals surface area contributed by atoms with Gasteiger partial charge in [0.05, 0.1) is 0 Å². The summed E-state index contributed by atoms with van der Waals surface area (Å²) in [5.41, 5.74) is 3.69. The lowest BCUT2D eigenvalue weighted by Crippen LogP contribution is -2.25. The van der Waals surface area contributed by atoms with Crippen molar-refractivity contribution in [2.45, 2.75) is 32.6 Å². The van der Waals surface area contributed by atoms with Gasteiger partial charge in [-0.05, 0) is 49.4 Å². The lowest BCUT2D eigenvalue weighted by Gasteiger charge is -2.18. The van der Waals surface area contributed by atoms with E-state index >= 15 is 0 Å². The Hall–Kier alpha value is -2.49. The summed E-state index contributed by atoms with van der Waals surface area (Å²) in [6.07, 6.45) is 3.14. The molecule has 3 rings (SSSR count). The molecule has 1 aliphatic rings. The molecule has 132 valence electrons. The van der Waals surface area contributed by atoms with Crippen LogP contribution >= 0.6 is 0 Å². The summed E-state index contributed by atoms with van der Waals surface area (Å²) in [7, 11) is 0. The molecule has 1 N–H and O–H groups in total. The van der Waals surface area contributed by atoms with Gasteiger partial charge in [-0.15, -0.1) is 0 Å². The molecule has 25 heavy (non-hydrogen) atoms. The highest BCUT2D eigenvalue weighted by Crippen LogP contribution is 2.31. The first-order valence-corrected chi connectivity index (χ1v) is 8.91. The number of amides is 1. The zero-order valence-corrected chi connectivity index (χ0v) is 14.7. The number of aryl methyl sites for hydroxylation is 3. The van der Waals surface area contributed by atoms with E-state index in [-0.39, 0.29) is 5.91 Å². The molecular weight excluding hydrogens is 314 g/mol. The average molecular weight is 339 g/mol. The second-order valence-electron chi connectivity index (χ2n) is 6.42. The van der Waals surface area contributed by atoms with Crippen molar-refractivity contribution in [2.75, 3.05) is 19.8 Å². The molecule has 0 saturated heterocycles. The van der Waals surface area contributed by atoms with E-state index in [4.69, 9.17) is 9.47 Å². The number of carbonyl (C=O) groups excluding carboxylic acids is 1. The molecule has 4 heteroatoms. The minimum atomic E-state index is 0.0961. The van der Waals surface area contributed by atoms with Crippen LogP contribution in [0, 0.1) is 6.92 Å². The molecule has 0 spiro atoms. The zero-order chi connectivity index (χ0) is 17.5. The maximum Gasteiger partial charge on any atom is 0.220 e. The van der Waals surface area contributed by atoms with E-state index in [0.29, 0.717) is 32.6 Å². The van der Waals surface area contributed by atoms with Gasteiger partial charge in [0.15, 0.2) is 11.5 Å². The summed E-state index contributed by atoms with van der Waals surface area (Å²) in [6.45, 7) is 3.98. The third-order valence-corrected chi connectivity index (χ3v) is 4.33. The first-order chi connectivity index (χ1) is 12.2. The normalized spacial score (nSPS) is 12.7. The quantitative estimate of drug-likeness (QED) is 0.786. The molecule has 0 fully saturated rings. The maximum atomic E-state index is 12.0. The zero-order valence-electron chi connectivity index (χ0n) is 14.7. The number of hydrogen-bond donors (Lipinski definition) is 1. The van der Waals surface area contributed by atoms with Crippen LogP contribution in [0.25, 0.3) is 0 Å². The Balaban J connectivity index is 1.36. The van der Waals surface area contributed by atoms with E-state index in [0.717, 1.165) is 29.9 Å². The predicted octanol–water partition coefficient (Wildman–Crippen LogP) is 3.45. The van der Waals surface area contributed by atoms with E-state index in [1.165, 1.54) is 11.1 Å². The Labute approximate surface area is 149 Å². The molecule has 1 aliphatic heterocycles. The molecule has 0 aliphatic carbocycles. The number of nitrogens with one attached hydrogen (secondary N) is 1. The van der Waals surface area contributed by atoms with Crippen LogP contribution in [-0.4, -0.2) is 25.7 Å². The lowest BCUT2D eigenvalue weighted by molar-refractivity contribution is -0.121. The molecule has 2 aromatic rings. The van der Waals surface area contributed by atoms with Crippen LogP contribution in [0.2, 0.25) is 0 Å². The van der Waals surface area contributed by atoms with Gasteiger partial charge in [-0.3, -0.25) is 4.79 Å². The predicted molar refractivity (Wildman–Crippen MR) is 98.3 cm³/mol. The second kappa shape index (κ2) is 8.56. The number of carbonyl (C=O) groups is 1. The molecule has 4 nitrogen and oxygen atoms in total. The Kier molecular flexibility index (Phi) is 5.94. The third kappa shape index (κ3) is 5.24. The topological polar surface area (TPSA) is 47.6 Å². The minimum Gasteiger partial charge on any atom is -0.486 e. The van der Waals surface area contributed by atoms with Crippen molar-refractivity contribution in [1.82, 2.24) is 5.32 Å². The van der Waals surface area contributed by atoms with Gasteiger partial charge in [0.2, 0.25) is 5.91 Å². The molecular formula is C21H25NO3. The molecule has 0 saturated carbocycles. The van der Waals surface area contributed by atoms with Crippen LogP contribution in [0.5, 0.6) is 11.5 Å². The van der Waals surface area contributed by atoms with Crippen LogP contribution in [-0.2, 0) is 17.6 Å². The smallest absolute Gasteiger partial charge is 0.220 e. The highest BCUT2D eigenvalue weighted by atomic mass is 16.6. The van der Waals surface area contributed by atoms with Crippen molar-refractivity contribution in [3.8, 4) is 11.5 Å². The van der Waals surface area contributed by atoms with Gasteiger partial charge in [-0.25, -0.2) is 0 Å². The molecule has 1 heterocycles. The molecule has 0 atom stereocenters. The van der Waals surface area contributed by atoms with Gasteiger partial charge in [0.25, 0.3) is 0 Å². The molecule has 0 bridgehead atoms. The molecule has 0 aromatic heterocycles. The fraction of sp³-hybridized carbons (Fsp3) is 0.381. The van der Waals surface area contributed by atoms with Crippen LogP contribution < -0.4 is 14.8 Å². The van der Waals surface area contributed by atoms with Gasteiger partial charge >= 0.3 is 0 Å². The van der Waals surface area contributed by atoms with E-state index in [1.54, 1.807) is 0 Å². The van der Waals surface area contributed by atoms with E-state index < -0.39 is 0 Å². The van der Waals surface area contributed by atoms with Crippen molar-refractivity contribution in [3.05, 3.63) is 59.2 Å². The molecule has 2 aromatic carbocycles. The second-order valence-corrected chi connectivity index (χ2v) is 6.42. The van der Waals surface area contributed by atoms with Crippen molar-refractivity contribution < 1.29 is 14.3 Å². The van der Waals surface area contributed by atoms with Crippen molar-refractivity contribution in [2.24, 2.45) is 0 Å². The Bertz CT molecular complexity index is 710. The Morgan fingerprint density at radius 2 is 1.68 bits per heavy atom. The van der Waals surface area contributed by atoms with Crippen molar-refractivity contribution in [1.29, 1.82) is 0 Å². The van der Waals surface area contributed by atoms with Crippen LogP contribution in [0.4, 0.5) is 0 Å². The summed E-state index contributed by atoms with van der Waals surface area (Å²) < 4.78 is 11.1. The number of benzene rings is 2. The Morgan fingerprint density at radius 1 is 0.960 bits per heavy atom. The number of ether oxygens (including phenoxy) is 2. The fourth-order valence-corrected chi connectivity index (χ4v) is 2.86. The highest BCUT2D eigenvalue weighted by molar-refractivity contribution is 5.76. The fourth-order valence-electron chi connectivity index (χ4n) is 2.86. The number of rotatable bonds is 7. The molecule has 0 radical (unpaired) electrons. The third-order valence-electron chi connectivity index (χ3n) is 4.33. The SMILES string of the molecule is Cc1ccc(CCCNC(=O)CCc2ccc3c(c2)OCCO3)cc1. The van der Waals surface area contributed by atoms with Crippen molar-refractivity contribution in [3.63, 3.8) is 0 Å². The van der Waals surface area contributed by atoms with Crippen LogP contribution in [0.1, 0.15) is 29.5 Å². The van der Waals surface area contributed by atoms with E-state index in [9.17, 15) is 4.79 Å². The lowest BCUT2D eigenvalue weighted by atomic mass is 10.1. The van der Waals surface area contributed by atoms with Gasteiger partial charge in [-0.1, -0.05) is 35.9 Å². The summed E-state index contributed by atoms with van der Waals surface area (Å²) in [6, 6.07) is 14.4. The highest BCUT2D eigenvalue weighted by Gasteiger charge is 2.12. The standard InChI is InChI=1S/C21H25NO3/c1-16-4-6-17(7-5-16)3-2-12-22-21(23)11-9-18-8-10-19-20(15-18)25-14-13-24-19/h4-8,10,15H,2-3,9,11-14H2,1H3,(H,22,23). The first kappa shape index (κ1) is 17.3. The van der Waals surface area contributed by atoms with Gasteiger partial charge in [0, 0.05) is 13.0 Å². The first-order valence-electron chi connectivity index (χ1n) is 8.91. The van der Waals surface area contributed by atoms with Crippen LogP contribution in [0.15, 0.2) is 42.5 Å². The summed E-state index contributed by atoms with van der Waals surface area (Å²) in [4.78, 5) is 12.0. The average Bonchev–Trinajstić information content (AvgIpc) is 2.65. The summed E-state index contributed by atoms with van der Waals surface area (Å²) in [5, 5.41) is 3.00. The van der Waals surface area contributed by atoms with Gasteiger partial charge < -0.3 is 14.8 Å². The molecule has 1 amide bonds. The van der Waals surface area contributed by atoms with E-state index in [2.05, 4.69) is 36.5 Å². The molecule has 0 unspecified atom stereocenters. The van der Waals surface area contributed by atoms with Gasteiger partial charge in [0.1, 0.15) is 13.2 Å². The van der Waals surface area contributed by atoms with E-state index in [1.807, 2.05) is 18.2 Å². The number of fused-ring (bicyclic) bond motifs is 1. The maximum absolute atomic E-state index is 12.0. The van der Waals surface area contributed by atoms with Crippen LogP contribution in [0.3, 0.4) is 0 Å². The minimum absolute atomic E-state index is 0.0961. The summed E-state index contributed by atoms with van der Waals surface area (Å²) >= 11 is 0. The monoisotopic (exact) mass is 339 g/mol. The summed E-state index contributed by atoms with van der Waals surface area (Å²) in [5.74, 6) is 1.66. The van der Waals surface area contributed by atoms with Crippen molar-refractivity contribution >= 4 is 5.91 Å².